The Morgan fingerprint density at radius 2 is 2.10 bits per heavy atom. The minimum Gasteiger partial charge on any atom is -0.469 e. The number of rotatable bonds is 5. The van der Waals surface area contributed by atoms with Gasteiger partial charge in [-0.3, -0.25) is 0 Å². The Labute approximate surface area is 125 Å². The third kappa shape index (κ3) is 3.17. The predicted octanol–water partition coefficient (Wildman–Crippen LogP) is 4.16. The van der Waals surface area contributed by atoms with Crippen LogP contribution in [0.25, 0.3) is 0 Å². The van der Waals surface area contributed by atoms with Crippen LogP contribution in [0.15, 0.2) is 34.9 Å². The highest BCUT2D eigenvalue weighted by Gasteiger charge is 2.11. The lowest BCUT2D eigenvalue weighted by Crippen LogP contribution is -2.17. The summed E-state index contributed by atoms with van der Waals surface area (Å²) in [7, 11) is 3.99. The first-order valence-electron chi connectivity index (χ1n) is 6.73. The molecule has 1 N–H and O–H groups in total. The molecule has 0 bridgehead atoms. The molecule has 0 aliphatic carbocycles. The van der Waals surface area contributed by atoms with Gasteiger partial charge in [0, 0.05) is 35.9 Å². The molecule has 108 valence electrons. The standard InChI is InChI=1S/C16H21ClN2O/c1-11(18-3)15-6-5-14(9-16(15)17)19(4)10-13-7-8-20-12(13)2/h5-9,11,18H,10H2,1-4H3. The van der Waals surface area contributed by atoms with Gasteiger partial charge in [0.1, 0.15) is 5.76 Å². The van der Waals surface area contributed by atoms with Crippen LogP contribution in [-0.2, 0) is 6.54 Å². The van der Waals surface area contributed by atoms with Gasteiger partial charge in [-0.1, -0.05) is 17.7 Å². The molecule has 0 radical (unpaired) electrons. The van der Waals surface area contributed by atoms with E-state index in [-0.39, 0.29) is 6.04 Å². The van der Waals surface area contributed by atoms with Crippen molar-refractivity contribution in [2.24, 2.45) is 0 Å². The lowest BCUT2D eigenvalue weighted by Gasteiger charge is -2.21. The molecular formula is C16H21ClN2O. The molecule has 1 aromatic heterocycles. The van der Waals surface area contributed by atoms with Crippen molar-refractivity contribution in [2.45, 2.75) is 26.4 Å². The first-order chi connectivity index (χ1) is 9.52. The minimum atomic E-state index is 0.248. The van der Waals surface area contributed by atoms with E-state index in [0.717, 1.165) is 28.6 Å². The number of benzene rings is 1. The number of halogens is 1. The number of furan rings is 1. The van der Waals surface area contributed by atoms with Crippen LogP contribution in [0.2, 0.25) is 5.02 Å². The number of hydrogen-bond acceptors (Lipinski definition) is 3. The van der Waals surface area contributed by atoms with Gasteiger partial charge >= 0.3 is 0 Å². The number of hydrogen-bond donors (Lipinski definition) is 1. The first-order valence-corrected chi connectivity index (χ1v) is 7.11. The summed E-state index contributed by atoms with van der Waals surface area (Å²) in [6.07, 6.45) is 1.73. The van der Waals surface area contributed by atoms with Gasteiger partial charge in [-0.15, -0.1) is 0 Å². The molecule has 1 aromatic carbocycles. The monoisotopic (exact) mass is 292 g/mol. The Morgan fingerprint density at radius 1 is 1.35 bits per heavy atom. The second-order valence-electron chi connectivity index (χ2n) is 5.07. The van der Waals surface area contributed by atoms with E-state index in [1.165, 1.54) is 5.56 Å². The summed E-state index contributed by atoms with van der Waals surface area (Å²) in [5, 5.41) is 4.00. The molecule has 20 heavy (non-hydrogen) atoms. The second-order valence-corrected chi connectivity index (χ2v) is 5.48. The molecule has 0 aliphatic rings. The maximum absolute atomic E-state index is 6.38. The summed E-state index contributed by atoms with van der Waals surface area (Å²) in [6.45, 7) is 4.88. The van der Waals surface area contributed by atoms with Crippen molar-refractivity contribution in [2.75, 3.05) is 19.0 Å². The Bertz CT molecular complexity index is 580. The topological polar surface area (TPSA) is 28.4 Å². The van der Waals surface area contributed by atoms with E-state index in [1.807, 2.05) is 26.1 Å². The third-order valence-corrected chi connectivity index (χ3v) is 4.03. The lowest BCUT2D eigenvalue weighted by molar-refractivity contribution is 0.529. The van der Waals surface area contributed by atoms with Gasteiger partial charge in [0.15, 0.2) is 0 Å². The van der Waals surface area contributed by atoms with Gasteiger partial charge in [-0.2, -0.15) is 0 Å². The van der Waals surface area contributed by atoms with Crippen molar-refractivity contribution in [3.05, 3.63) is 52.4 Å². The molecule has 2 aromatic rings. The number of aryl methyl sites for hydroxylation is 1. The summed E-state index contributed by atoms with van der Waals surface area (Å²) in [4.78, 5) is 2.16. The van der Waals surface area contributed by atoms with Crippen LogP contribution < -0.4 is 10.2 Å². The molecule has 0 spiro atoms. The van der Waals surface area contributed by atoms with Crippen molar-refractivity contribution in [1.82, 2.24) is 5.32 Å². The number of nitrogens with one attached hydrogen (secondary N) is 1. The van der Waals surface area contributed by atoms with Gasteiger partial charge in [0.25, 0.3) is 0 Å². The van der Waals surface area contributed by atoms with Gasteiger partial charge in [-0.05, 0) is 44.7 Å². The van der Waals surface area contributed by atoms with Crippen molar-refractivity contribution < 1.29 is 4.42 Å². The van der Waals surface area contributed by atoms with E-state index in [2.05, 4.69) is 36.3 Å². The second kappa shape index (κ2) is 6.33. The van der Waals surface area contributed by atoms with Gasteiger partial charge < -0.3 is 14.6 Å². The summed E-state index contributed by atoms with van der Waals surface area (Å²) in [5.74, 6) is 0.961. The quantitative estimate of drug-likeness (QED) is 0.897. The zero-order valence-electron chi connectivity index (χ0n) is 12.4. The molecule has 1 heterocycles. The van der Waals surface area contributed by atoms with Gasteiger partial charge in [0.05, 0.1) is 6.26 Å². The molecule has 3 nitrogen and oxygen atoms in total. The van der Waals surface area contributed by atoms with E-state index >= 15 is 0 Å². The zero-order chi connectivity index (χ0) is 14.7. The van der Waals surface area contributed by atoms with Crippen LogP contribution in [0.1, 0.15) is 29.9 Å². The zero-order valence-corrected chi connectivity index (χ0v) is 13.2. The van der Waals surface area contributed by atoms with Crippen molar-refractivity contribution in [1.29, 1.82) is 0 Å². The fourth-order valence-corrected chi connectivity index (χ4v) is 2.52. The molecule has 1 atom stereocenters. The SMILES string of the molecule is CNC(C)c1ccc(N(C)Cc2ccoc2C)cc1Cl. The minimum absolute atomic E-state index is 0.248. The first kappa shape index (κ1) is 14.9. The Morgan fingerprint density at radius 3 is 2.65 bits per heavy atom. The normalized spacial score (nSPS) is 12.4. The number of anilines is 1. The molecule has 0 fully saturated rings. The highest BCUT2D eigenvalue weighted by atomic mass is 35.5. The van der Waals surface area contributed by atoms with Crippen LogP contribution >= 0.6 is 11.6 Å². The number of nitrogens with zero attached hydrogens (tertiary/aromatic N) is 1. The molecule has 4 heteroatoms. The summed E-state index contributed by atoms with van der Waals surface area (Å²) >= 11 is 6.38. The molecule has 0 saturated heterocycles. The molecule has 1 unspecified atom stereocenters. The van der Waals surface area contributed by atoms with E-state index in [1.54, 1.807) is 6.26 Å². The maximum atomic E-state index is 6.38. The lowest BCUT2D eigenvalue weighted by atomic mass is 10.1. The van der Waals surface area contributed by atoms with Crippen molar-refractivity contribution in [3.63, 3.8) is 0 Å². The maximum Gasteiger partial charge on any atom is 0.105 e. The molecule has 0 aliphatic heterocycles. The van der Waals surface area contributed by atoms with Crippen LogP contribution in [0.3, 0.4) is 0 Å². The molecule has 0 amide bonds. The average molecular weight is 293 g/mol. The Kier molecular flexibility index (Phi) is 4.73. The van der Waals surface area contributed by atoms with Gasteiger partial charge in [-0.25, -0.2) is 0 Å². The largest absolute Gasteiger partial charge is 0.469 e. The van der Waals surface area contributed by atoms with E-state index in [9.17, 15) is 0 Å². The highest BCUT2D eigenvalue weighted by molar-refractivity contribution is 6.31. The summed E-state index contributed by atoms with van der Waals surface area (Å²) in [6, 6.07) is 8.45. The third-order valence-electron chi connectivity index (χ3n) is 3.70. The molecule has 2 rings (SSSR count). The van der Waals surface area contributed by atoms with E-state index in [0.29, 0.717) is 0 Å². The highest BCUT2D eigenvalue weighted by Crippen LogP contribution is 2.28. The Hall–Kier alpha value is -1.45. The van der Waals surface area contributed by atoms with Crippen LogP contribution in [-0.4, -0.2) is 14.1 Å². The molecule has 0 saturated carbocycles. The van der Waals surface area contributed by atoms with Crippen molar-refractivity contribution in [3.8, 4) is 0 Å². The van der Waals surface area contributed by atoms with Crippen LogP contribution in [0, 0.1) is 6.92 Å². The van der Waals surface area contributed by atoms with Crippen LogP contribution in [0.4, 0.5) is 5.69 Å². The predicted molar refractivity (Wildman–Crippen MR) is 84.5 cm³/mol. The van der Waals surface area contributed by atoms with E-state index in [4.69, 9.17) is 16.0 Å². The van der Waals surface area contributed by atoms with Crippen molar-refractivity contribution >= 4 is 17.3 Å². The smallest absolute Gasteiger partial charge is 0.105 e. The van der Waals surface area contributed by atoms with E-state index < -0.39 is 0 Å². The summed E-state index contributed by atoms with van der Waals surface area (Å²) in [5.41, 5.74) is 3.41. The fourth-order valence-electron chi connectivity index (χ4n) is 2.18. The fraction of sp³-hybridized carbons (Fsp3) is 0.375. The molecular weight excluding hydrogens is 272 g/mol. The average Bonchev–Trinajstić information content (AvgIpc) is 2.83. The summed E-state index contributed by atoms with van der Waals surface area (Å²) < 4.78 is 5.33. The van der Waals surface area contributed by atoms with Crippen LogP contribution in [0.5, 0.6) is 0 Å². The Balaban J connectivity index is 2.17. The van der Waals surface area contributed by atoms with Gasteiger partial charge in [0.2, 0.25) is 0 Å².